The number of nitrogen functional groups attached to an aromatic ring is 1. The van der Waals surface area contributed by atoms with Crippen molar-refractivity contribution in [3.8, 4) is 0 Å². The highest BCUT2D eigenvalue weighted by molar-refractivity contribution is 7.90. The molecule has 0 atom stereocenters. The molecule has 0 amide bonds. The topological polar surface area (TPSA) is 60.2 Å². The molecule has 0 aromatic heterocycles. The van der Waals surface area contributed by atoms with E-state index in [9.17, 15) is 8.42 Å². The molecule has 0 fully saturated rings. The molecule has 0 heterocycles. The van der Waals surface area contributed by atoms with Crippen molar-refractivity contribution in [2.45, 2.75) is 17.6 Å². The molecule has 0 saturated heterocycles. The van der Waals surface area contributed by atoms with Gasteiger partial charge in [-0.3, -0.25) is 0 Å². The quantitative estimate of drug-likeness (QED) is 0.885. The van der Waals surface area contributed by atoms with Crippen LogP contribution in [0, 0.1) is 6.92 Å². The SMILES string of the molecule is Cc1c(N)cccc1S(=O)(=O)Cc1ccccc1Cl. The van der Waals surface area contributed by atoms with Crippen molar-refractivity contribution in [3.05, 3.63) is 58.6 Å². The summed E-state index contributed by atoms with van der Waals surface area (Å²) in [4.78, 5) is 0.257. The average molecular weight is 296 g/mol. The lowest BCUT2D eigenvalue weighted by Gasteiger charge is -2.10. The minimum atomic E-state index is -3.45. The molecule has 2 N–H and O–H groups in total. The molecule has 100 valence electrons. The van der Waals surface area contributed by atoms with Gasteiger partial charge in [0.15, 0.2) is 9.84 Å². The number of hydrogen-bond acceptors (Lipinski definition) is 3. The molecule has 2 aromatic carbocycles. The van der Waals surface area contributed by atoms with Gasteiger partial charge in [-0.1, -0.05) is 35.9 Å². The van der Waals surface area contributed by atoms with Gasteiger partial charge in [0.2, 0.25) is 0 Å². The van der Waals surface area contributed by atoms with Crippen LogP contribution in [0.4, 0.5) is 5.69 Å². The van der Waals surface area contributed by atoms with E-state index >= 15 is 0 Å². The summed E-state index contributed by atoms with van der Waals surface area (Å²) in [6.45, 7) is 1.70. The van der Waals surface area contributed by atoms with E-state index in [2.05, 4.69) is 0 Å². The highest BCUT2D eigenvalue weighted by atomic mass is 35.5. The Labute approximate surface area is 117 Å². The normalized spacial score (nSPS) is 11.5. The number of rotatable bonds is 3. The Kier molecular flexibility index (Phi) is 3.83. The number of hydrogen-bond donors (Lipinski definition) is 1. The summed E-state index contributed by atoms with van der Waals surface area (Å²) in [7, 11) is -3.45. The van der Waals surface area contributed by atoms with Gasteiger partial charge < -0.3 is 5.73 Å². The molecule has 0 saturated carbocycles. The first-order chi connectivity index (χ1) is 8.92. The molecule has 3 nitrogen and oxygen atoms in total. The van der Waals surface area contributed by atoms with Crippen LogP contribution in [0.15, 0.2) is 47.4 Å². The number of nitrogens with two attached hydrogens (primary N) is 1. The van der Waals surface area contributed by atoms with E-state index in [0.717, 1.165) is 0 Å². The first-order valence-electron chi connectivity index (χ1n) is 5.73. The summed E-state index contributed by atoms with van der Waals surface area (Å²) < 4.78 is 24.8. The molecule has 0 aliphatic rings. The number of benzene rings is 2. The van der Waals surface area contributed by atoms with Crippen LogP contribution in [0.1, 0.15) is 11.1 Å². The molecule has 0 aliphatic heterocycles. The first-order valence-corrected chi connectivity index (χ1v) is 7.76. The Hall–Kier alpha value is -1.52. The molecule has 0 unspecified atom stereocenters. The van der Waals surface area contributed by atoms with Gasteiger partial charge in [-0.05, 0) is 36.2 Å². The summed E-state index contributed by atoms with van der Waals surface area (Å²) in [5, 5.41) is 0.452. The number of halogens is 1. The summed E-state index contributed by atoms with van der Waals surface area (Å²) in [6.07, 6.45) is 0. The van der Waals surface area contributed by atoms with Crippen LogP contribution in [0.3, 0.4) is 0 Å². The molecule has 5 heteroatoms. The Morgan fingerprint density at radius 3 is 2.47 bits per heavy atom. The van der Waals surface area contributed by atoms with E-state index in [0.29, 0.717) is 21.8 Å². The van der Waals surface area contributed by atoms with Crippen LogP contribution in [-0.4, -0.2) is 8.42 Å². The van der Waals surface area contributed by atoms with Crippen molar-refractivity contribution in [1.29, 1.82) is 0 Å². The fourth-order valence-corrected chi connectivity index (χ4v) is 3.83. The minimum absolute atomic E-state index is 0.128. The van der Waals surface area contributed by atoms with Crippen molar-refractivity contribution < 1.29 is 8.42 Å². The zero-order chi connectivity index (χ0) is 14.0. The Bertz CT molecular complexity index is 711. The average Bonchev–Trinajstić information content (AvgIpc) is 2.35. The van der Waals surface area contributed by atoms with E-state index < -0.39 is 9.84 Å². The van der Waals surface area contributed by atoms with E-state index in [1.54, 1.807) is 49.4 Å². The van der Waals surface area contributed by atoms with Gasteiger partial charge in [-0.2, -0.15) is 0 Å². The van der Waals surface area contributed by atoms with Crippen molar-refractivity contribution >= 4 is 27.1 Å². The molecule has 2 aromatic rings. The number of anilines is 1. The molecule has 19 heavy (non-hydrogen) atoms. The first kappa shape index (κ1) is 13.9. The van der Waals surface area contributed by atoms with Crippen LogP contribution in [0.2, 0.25) is 5.02 Å². The third-order valence-corrected chi connectivity index (χ3v) is 5.14. The van der Waals surface area contributed by atoms with Crippen LogP contribution in [0.5, 0.6) is 0 Å². The van der Waals surface area contributed by atoms with Crippen molar-refractivity contribution in [1.82, 2.24) is 0 Å². The molecule has 0 spiro atoms. The maximum absolute atomic E-state index is 12.4. The van der Waals surface area contributed by atoms with E-state index in [4.69, 9.17) is 17.3 Å². The Morgan fingerprint density at radius 1 is 1.11 bits per heavy atom. The Balaban J connectivity index is 2.44. The predicted molar refractivity (Wildman–Crippen MR) is 77.9 cm³/mol. The summed E-state index contributed by atoms with van der Waals surface area (Å²) >= 11 is 6.00. The molecule has 0 aliphatic carbocycles. The zero-order valence-electron chi connectivity index (χ0n) is 10.4. The highest BCUT2D eigenvalue weighted by Crippen LogP contribution is 2.26. The number of sulfone groups is 1. The van der Waals surface area contributed by atoms with E-state index in [1.807, 2.05) is 0 Å². The molecular weight excluding hydrogens is 282 g/mol. The van der Waals surface area contributed by atoms with Crippen LogP contribution < -0.4 is 5.73 Å². The van der Waals surface area contributed by atoms with E-state index in [-0.39, 0.29) is 10.6 Å². The maximum Gasteiger partial charge on any atom is 0.182 e. The second-order valence-electron chi connectivity index (χ2n) is 4.32. The van der Waals surface area contributed by atoms with Crippen molar-refractivity contribution in [2.75, 3.05) is 5.73 Å². The van der Waals surface area contributed by atoms with Crippen LogP contribution >= 0.6 is 11.6 Å². The second kappa shape index (κ2) is 5.23. The lowest BCUT2D eigenvalue weighted by molar-refractivity contribution is 0.594. The van der Waals surface area contributed by atoms with Crippen molar-refractivity contribution in [2.24, 2.45) is 0 Å². The van der Waals surface area contributed by atoms with Gasteiger partial charge in [0.1, 0.15) is 0 Å². The summed E-state index contributed by atoms with van der Waals surface area (Å²) in [5.74, 6) is -0.128. The molecule has 0 radical (unpaired) electrons. The largest absolute Gasteiger partial charge is 0.398 e. The van der Waals surface area contributed by atoms with Gasteiger partial charge in [0.25, 0.3) is 0 Å². The molecule has 2 rings (SSSR count). The van der Waals surface area contributed by atoms with Gasteiger partial charge in [-0.25, -0.2) is 8.42 Å². The van der Waals surface area contributed by atoms with Gasteiger partial charge in [0.05, 0.1) is 10.6 Å². The monoisotopic (exact) mass is 295 g/mol. The third kappa shape index (κ3) is 2.91. The lowest BCUT2D eigenvalue weighted by atomic mass is 10.2. The van der Waals surface area contributed by atoms with Gasteiger partial charge in [-0.15, -0.1) is 0 Å². The van der Waals surface area contributed by atoms with Gasteiger partial charge in [0, 0.05) is 10.7 Å². The molecule has 0 bridgehead atoms. The fraction of sp³-hybridized carbons (Fsp3) is 0.143. The predicted octanol–water partition coefficient (Wildman–Crippen LogP) is 3.20. The van der Waals surface area contributed by atoms with Crippen LogP contribution in [0.25, 0.3) is 0 Å². The third-order valence-electron chi connectivity index (χ3n) is 2.96. The highest BCUT2D eigenvalue weighted by Gasteiger charge is 2.19. The minimum Gasteiger partial charge on any atom is -0.398 e. The second-order valence-corrected chi connectivity index (χ2v) is 6.69. The van der Waals surface area contributed by atoms with E-state index in [1.165, 1.54) is 0 Å². The zero-order valence-corrected chi connectivity index (χ0v) is 12.0. The maximum atomic E-state index is 12.4. The lowest BCUT2D eigenvalue weighted by Crippen LogP contribution is -2.08. The van der Waals surface area contributed by atoms with Crippen LogP contribution in [-0.2, 0) is 15.6 Å². The Morgan fingerprint density at radius 2 is 1.79 bits per heavy atom. The fourth-order valence-electron chi connectivity index (χ4n) is 1.87. The van der Waals surface area contributed by atoms with Crippen molar-refractivity contribution in [3.63, 3.8) is 0 Å². The summed E-state index contributed by atoms with van der Waals surface area (Å²) in [6, 6.07) is 11.8. The molecular formula is C14H14ClNO2S. The standard InChI is InChI=1S/C14H14ClNO2S/c1-10-13(16)7-4-8-14(10)19(17,18)9-11-5-2-3-6-12(11)15/h2-8H,9,16H2,1H3. The van der Waals surface area contributed by atoms with Gasteiger partial charge >= 0.3 is 0 Å². The summed E-state index contributed by atoms with van der Waals surface area (Å²) in [5.41, 5.74) is 7.39. The smallest absolute Gasteiger partial charge is 0.182 e.